The Morgan fingerprint density at radius 2 is 2.00 bits per heavy atom. The number of fused-ring (bicyclic) bond motifs is 1. The van der Waals surface area contributed by atoms with Crippen molar-refractivity contribution in [2.24, 2.45) is 0 Å². The molecular formula is C13H14N2O2. The van der Waals surface area contributed by atoms with Gasteiger partial charge in [-0.3, -0.25) is 0 Å². The summed E-state index contributed by atoms with van der Waals surface area (Å²) >= 11 is 0. The fourth-order valence-corrected chi connectivity index (χ4v) is 2.38. The molecule has 0 atom stereocenters. The molecule has 17 heavy (non-hydrogen) atoms. The number of aromatic nitrogens is 1. The van der Waals surface area contributed by atoms with E-state index in [9.17, 15) is 10.1 Å². The normalized spacial score (nSPS) is 13.7. The Bertz CT molecular complexity index is 515. The summed E-state index contributed by atoms with van der Waals surface area (Å²) in [7, 11) is 1.31. The first-order valence-electron chi connectivity index (χ1n) is 5.69. The number of hydrogen-bond donors (Lipinski definition) is 0. The van der Waals surface area contributed by atoms with Crippen LogP contribution < -0.4 is 0 Å². The predicted octanol–water partition coefficient (Wildman–Crippen LogP) is 1.93. The second kappa shape index (κ2) is 4.54. The van der Waals surface area contributed by atoms with E-state index in [0.717, 1.165) is 42.5 Å². The lowest BCUT2D eigenvalue weighted by molar-refractivity contribution is 0.0593. The van der Waals surface area contributed by atoms with Gasteiger partial charge in [0.15, 0.2) is 5.69 Å². The Kier molecular flexibility index (Phi) is 3.10. The predicted molar refractivity (Wildman–Crippen MR) is 61.7 cm³/mol. The zero-order valence-electron chi connectivity index (χ0n) is 10.0. The van der Waals surface area contributed by atoms with Crippen LogP contribution in [0.3, 0.4) is 0 Å². The minimum Gasteiger partial charge on any atom is -0.464 e. The van der Waals surface area contributed by atoms with Crippen molar-refractivity contribution in [1.82, 2.24) is 4.98 Å². The number of hydrogen-bond acceptors (Lipinski definition) is 4. The maximum Gasteiger partial charge on any atom is 0.358 e. The number of carbonyl (C=O) groups excluding carboxylic acids is 1. The van der Waals surface area contributed by atoms with Gasteiger partial charge in [0, 0.05) is 5.69 Å². The Labute approximate surface area is 100 Å². The molecule has 1 aromatic heterocycles. The van der Waals surface area contributed by atoms with E-state index in [2.05, 4.69) is 15.8 Å². The third-order valence-electron chi connectivity index (χ3n) is 3.21. The van der Waals surface area contributed by atoms with Crippen LogP contribution in [0, 0.1) is 18.3 Å². The number of aryl methyl sites for hydroxylation is 1. The number of rotatable bonds is 1. The molecule has 0 unspecified atom stereocenters. The molecule has 0 spiro atoms. The Morgan fingerprint density at radius 3 is 2.59 bits per heavy atom. The summed E-state index contributed by atoms with van der Waals surface area (Å²) < 4.78 is 4.67. The van der Waals surface area contributed by atoms with E-state index < -0.39 is 5.97 Å². The molecule has 0 aliphatic heterocycles. The lowest BCUT2D eigenvalue weighted by atomic mass is 9.87. The molecule has 88 valence electrons. The summed E-state index contributed by atoms with van der Waals surface area (Å²) in [6.07, 6.45) is 3.99. The summed E-state index contributed by atoms with van der Waals surface area (Å²) in [6.45, 7) is 1.89. The van der Waals surface area contributed by atoms with E-state index >= 15 is 0 Å². The van der Waals surface area contributed by atoms with Crippen molar-refractivity contribution in [3.63, 3.8) is 0 Å². The molecule has 1 aliphatic rings. The molecular weight excluding hydrogens is 216 g/mol. The molecule has 2 rings (SSSR count). The topological polar surface area (TPSA) is 63.0 Å². The van der Waals surface area contributed by atoms with Crippen molar-refractivity contribution in [1.29, 1.82) is 5.26 Å². The highest BCUT2D eigenvalue weighted by molar-refractivity contribution is 5.90. The minimum atomic E-state index is -0.530. The minimum absolute atomic E-state index is 0.160. The van der Waals surface area contributed by atoms with Gasteiger partial charge in [0.1, 0.15) is 6.07 Å². The highest BCUT2D eigenvalue weighted by Gasteiger charge is 2.23. The molecule has 4 nitrogen and oxygen atoms in total. The average molecular weight is 230 g/mol. The first-order chi connectivity index (χ1) is 8.19. The van der Waals surface area contributed by atoms with Gasteiger partial charge >= 0.3 is 5.97 Å². The van der Waals surface area contributed by atoms with Crippen molar-refractivity contribution >= 4 is 5.97 Å². The fourth-order valence-electron chi connectivity index (χ4n) is 2.38. The van der Waals surface area contributed by atoms with Crippen molar-refractivity contribution in [2.75, 3.05) is 7.11 Å². The van der Waals surface area contributed by atoms with Crippen molar-refractivity contribution in [3.8, 4) is 6.07 Å². The van der Waals surface area contributed by atoms with Crippen LogP contribution >= 0.6 is 0 Å². The van der Waals surface area contributed by atoms with Gasteiger partial charge < -0.3 is 4.74 Å². The molecule has 1 aromatic rings. The molecule has 0 amide bonds. The van der Waals surface area contributed by atoms with E-state index in [0.29, 0.717) is 5.56 Å². The second-order valence-electron chi connectivity index (χ2n) is 4.19. The molecule has 1 heterocycles. The van der Waals surface area contributed by atoms with Crippen LogP contribution in [0.25, 0.3) is 0 Å². The first kappa shape index (κ1) is 11.6. The summed E-state index contributed by atoms with van der Waals surface area (Å²) in [5.41, 5.74) is 3.54. The van der Waals surface area contributed by atoms with Gasteiger partial charge in [0.25, 0.3) is 0 Å². The molecule has 0 saturated carbocycles. The van der Waals surface area contributed by atoms with E-state index in [4.69, 9.17) is 0 Å². The van der Waals surface area contributed by atoms with Crippen LogP contribution in [0.1, 0.15) is 45.7 Å². The van der Waals surface area contributed by atoms with Crippen molar-refractivity contribution in [3.05, 3.63) is 28.1 Å². The first-order valence-corrected chi connectivity index (χ1v) is 5.69. The largest absolute Gasteiger partial charge is 0.464 e. The molecule has 0 bridgehead atoms. The summed E-state index contributed by atoms with van der Waals surface area (Å²) in [6, 6.07) is 2.10. The van der Waals surface area contributed by atoms with Crippen LogP contribution in [-0.2, 0) is 17.6 Å². The molecule has 4 heteroatoms. The average Bonchev–Trinajstić information content (AvgIpc) is 2.38. The highest BCUT2D eigenvalue weighted by atomic mass is 16.5. The zero-order chi connectivity index (χ0) is 12.4. The molecule has 1 aliphatic carbocycles. The zero-order valence-corrected chi connectivity index (χ0v) is 10.0. The van der Waals surface area contributed by atoms with E-state index in [1.807, 2.05) is 6.92 Å². The number of methoxy groups -OCH3 is 1. The standard InChI is InChI=1S/C13H14N2O2/c1-8-9-5-3-4-6-10(9)11(7-14)12(15-8)13(16)17-2/h3-6H2,1-2H3. The molecule has 0 fully saturated rings. The number of nitrogens with zero attached hydrogens (tertiary/aromatic N) is 2. The van der Waals surface area contributed by atoms with Crippen LogP contribution in [0.15, 0.2) is 0 Å². The number of ether oxygens (including phenoxy) is 1. The summed E-state index contributed by atoms with van der Waals surface area (Å²) in [4.78, 5) is 15.8. The molecule has 0 saturated heterocycles. The monoisotopic (exact) mass is 230 g/mol. The van der Waals surface area contributed by atoms with Gasteiger partial charge in [-0.05, 0) is 43.7 Å². The number of nitriles is 1. The van der Waals surface area contributed by atoms with Crippen LogP contribution in [0.5, 0.6) is 0 Å². The van der Waals surface area contributed by atoms with Gasteiger partial charge in [-0.2, -0.15) is 5.26 Å². The second-order valence-corrected chi connectivity index (χ2v) is 4.19. The number of pyridine rings is 1. The van der Waals surface area contributed by atoms with E-state index in [1.165, 1.54) is 7.11 Å². The number of carbonyl (C=O) groups is 1. The van der Waals surface area contributed by atoms with Gasteiger partial charge in [-0.1, -0.05) is 0 Å². The van der Waals surface area contributed by atoms with E-state index in [-0.39, 0.29) is 5.69 Å². The maximum atomic E-state index is 11.6. The Morgan fingerprint density at radius 1 is 1.35 bits per heavy atom. The number of esters is 1. The molecule has 0 N–H and O–H groups in total. The summed E-state index contributed by atoms with van der Waals surface area (Å²) in [5, 5.41) is 9.21. The van der Waals surface area contributed by atoms with Crippen LogP contribution in [0.2, 0.25) is 0 Å². The van der Waals surface area contributed by atoms with Crippen molar-refractivity contribution in [2.45, 2.75) is 32.6 Å². The van der Waals surface area contributed by atoms with Gasteiger partial charge in [0.2, 0.25) is 0 Å². The van der Waals surface area contributed by atoms with Gasteiger partial charge in [-0.15, -0.1) is 0 Å². The summed E-state index contributed by atoms with van der Waals surface area (Å²) in [5.74, 6) is -0.530. The molecule has 0 aromatic carbocycles. The third-order valence-corrected chi connectivity index (χ3v) is 3.21. The maximum absolute atomic E-state index is 11.6. The smallest absolute Gasteiger partial charge is 0.358 e. The quantitative estimate of drug-likeness (QED) is 0.691. The Hall–Kier alpha value is -1.89. The van der Waals surface area contributed by atoms with Crippen LogP contribution in [-0.4, -0.2) is 18.1 Å². The lowest BCUT2D eigenvalue weighted by Crippen LogP contribution is -2.16. The van der Waals surface area contributed by atoms with Crippen LogP contribution in [0.4, 0.5) is 0 Å². The van der Waals surface area contributed by atoms with Gasteiger partial charge in [0.05, 0.1) is 12.7 Å². The lowest BCUT2D eigenvalue weighted by Gasteiger charge is -2.19. The fraction of sp³-hybridized carbons (Fsp3) is 0.462. The molecule has 0 radical (unpaired) electrons. The van der Waals surface area contributed by atoms with Gasteiger partial charge in [-0.25, -0.2) is 9.78 Å². The SMILES string of the molecule is COC(=O)c1nc(C)c2c(c1C#N)CCCC2. The van der Waals surface area contributed by atoms with E-state index in [1.54, 1.807) is 0 Å². The highest BCUT2D eigenvalue weighted by Crippen LogP contribution is 2.28. The Balaban J connectivity index is 2.67. The van der Waals surface area contributed by atoms with Crippen molar-refractivity contribution < 1.29 is 9.53 Å². The third kappa shape index (κ3) is 1.89.